The number of alkyl halides is 6. The normalized spacial score (nSPS) is 15.8. The van der Waals surface area contributed by atoms with Crippen LogP contribution in [0.4, 0.5) is 26.3 Å². The van der Waals surface area contributed by atoms with Crippen LogP contribution in [0.15, 0.2) is 12.2 Å². The number of rotatable bonds is 10. The number of aliphatic hydroxyl groups is 3. The van der Waals surface area contributed by atoms with Crippen LogP contribution in [0, 0.1) is 0 Å². The van der Waals surface area contributed by atoms with E-state index in [1.807, 2.05) is 0 Å². The van der Waals surface area contributed by atoms with Crippen LogP contribution in [0.5, 0.6) is 0 Å². The molecule has 11 heteroatoms. The molecule has 0 radical (unpaired) electrons. The summed E-state index contributed by atoms with van der Waals surface area (Å²) >= 11 is 0. The Morgan fingerprint density at radius 3 is 1.83 bits per heavy atom. The Morgan fingerprint density at radius 2 is 1.46 bits per heavy atom. The highest BCUT2D eigenvalue weighted by molar-refractivity contribution is 5.86. The molecule has 0 fully saturated rings. The average molecular weight is 368 g/mol. The van der Waals surface area contributed by atoms with Crippen LogP contribution >= 0.6 is 0 Å². The SMILES string of the molecule is C=C(C)C(=O)OCC(O)CC(F)(F)C(F)(F)C(F)(F)CC(O)CO. The lowest BCUT2D eigenvalue weighted by Gasteiger charge is -2.34. The first kappa shape index (κ1) is 22.7. The Morgan fingerprint density at radius 1 is 1.04 bits per heavy atom. The Kier molecular flexibility index (Phi) is 7.71. The van der Waals surface area contributed by atoms with Gasteiger partial charge in [-0.1, -0.05) is 6.58 Å². The molecule has 0 aliphatic heterocycles. The average Bonchev–Trinajstić information content (AvgIpc) is 2.42. The van der Waals surface area contributed by atoms with E-state index in [-0.39, 0.29) is 5.57 Å². The lowest BCUT2D eigenvalue weighted by Crippen LogP contribution is -2.56. The van der Waals surface area contributed by atoms with E-state index >= 15 is 0 Å². The zero-order valence-electron chi connectivity index (χ0n) is 12.6. The highest BCUT2D eigenvalue weighted by Crippen LogP contribution is 2.49. The zero-order chi connectivity index (χ0) is 19.3. The molecule has 0 rings (SSSR count). The molecule has 0 aromatic rings. The fourth-order valence-electron chi connectivity index (χ4n) is 1.53. The van der Waals surface area contributed by atoms with Crippen LogP contribution < -0.4 is 0 Å². The van der Waals surface area contributed by atoms with E-state index in [2.05, 4.69) is 11.3 Å². The van der Waals surface area contributed by atoms with Crippen molar-refractivity contribution < 1.29 is 51.2 Å². The minimum atomic E-state index is -5.92. The molecule has 0 heterocycles. The topological polar surface area (TPSA) is 87.0 Å². The van der Waals surface area contributed by atoms with E-state index in [4.69, 9.17) is 10.2 Å². The number of hydrogen-bond acceptors (Lipinski definition) is 5. The minimum Gasteiger partial charge on any atom is -0.460 e. The number of esters is 1. The van der Waals surface area contributed by atoms with E-state index in [1.54, 1.807) is 0 Å². The number of carbonyl (C=O) groups is 1. The molecule has 3 N–H and O–H groups in total. The quantitative estimate of drug-likeness (QED) is 0.309. The first-order valence-corrected chi connectivity index (χ1v) is 6.61. The van der Waals surface area contributed by atoms with Gasteiger partial charge in [0.1, 0.15) is 6.61 Å². The van der Waals surface area contributed by atoms with Crippen LogP contribution in [0.3, 0.4) is 0 Å². The summed E-state index contributed by atoms with van der Waals surface area (Å²) < 4.78 is 84.8. The molecule has 142 valence electrons. The predicted molar refractivity (Wildman–Crippen MR) is 68.9 cm³/mol. The Balaban J connectivity index is 4.99. The molecule has 5 nitrogen and oxygen atoms in total. The summed E-state index contributed by atoms with van der Waals surface area (Å²) in [6.45, 7) is 1.90. The van der Waals surface area contributed by atoms with Crippen LogP contribution in [-0.4, -0.2) is 64.5 Å². The van der Waals surface area contributed by atoms with Crippen LogP contribution in [0.1, 0.15) is 19.8 Å². The second kappa shape index (κ2) is 8.17. The molecule has 0 bridgehead atoms. The van der Waals surface area contributed by atoms with E-state index < -0.39 is 62.0 Å². The third-order valence-electron chi connectivity index (χ3n) is 2.87. The fourth-order valence-corrected chi connectivity index (χ4v) is 1.53. The molecule has 0 aliphatic carbocycles. The lowest BCUT2D eigenvalue weighted by atomic mass is 9.95. The molecule has 24 heavy (non-hydrogen) atoms. The summed E-state index contributed by atoms with van der Waals surface area (Å²) in [5.41, 5.74) is -0.149. The predicted octanol–water partition coefficient (Wildman–Crippen LogP) is 1.51. The van der Waals surface area contributed by atoms with Gasteiger partial charge >= 0.3 is 23.7 Å². The summed E-state index contributed by atoms with van der Waals surface area (Å²) in [5, 5.41) is 26.4. The highest BCUT2D eigenvalue weighted by Gasteiger charge is 2.71. The van der Waals surface area contributed by atoms with Gasteiger partial charge < -0.3 is 20.1 Å². The summed E-state index contributed by atoms with van der Waals surface area (Å²) in [4.78, 5) is 11.0. The summed E-state index contributed by atoms with van der Waals surface area (Å²) in [7, 11) is 0. The minimum absolute atomic E-state index is 0.149. The molecule has 2 unspecified atom stereocenters. The molecule has 0 saturated carbocycles. The van der Waals surface area contributed by atoms with Crippen molar-refractivity contribution in [3.8, 4) is 0 Å². The summed E-state index contributed by atoms with van der Waals surface area (Å²) in [6, 6.07) is 0. The lowest BCUT2D eigenvalue weighted by molar-refractivity contribution is -0.321. The molecule has 0 aromatic heterocycles. The maximum absolute atomic E-state index is 13.5. The number of halogens is 6. The van der Waals surface area contributed by atoms with Crippen LogP contribution in [0.25, 0.3) is 0 Å². The van der Waals surface area contributed by atoms with Crippen molar-refractivity contribution in [2.24, 2.45) is 0 Å². The third-order valence-corrected chi connectivity index (χ3v) is 2.87. The Bertz CT molecular complexity index is 454. The molecule has 0 spiro atoms. The van der Waals surface area contributed by atoms with Crippen LogP contribution in [-0.2, 0) is 9.53 Å². The molecule has 2 atom stereocenters. The van der Waals surface area contributed by atoms with Crippen molar-refractivity contribution in [3.05, 3.63) is 12.2 Å². The van der Waals surface area contributed by atoms with Gasteiger partial charge in [-0.3, -0.25) is 0 Å². The van der Waals surface area contributed by atoms with Crippen molar-refractivity contribution in [2.75, 3.05) is 13.2 Å². The number of carbonyl (C=O) groups excluding carboxylic acids is 1. The second-order valence-corrected chi connectivity index (χ2v) is 5.26. The van der Waals surface area contributed by atoms with Gasteiger partial charge in [0.15, 0.2) is 0 Å². The standard InChI is InChI=1S/C13H18F6O5/c1-7(2)10(23)24-6-9(22)4-12(16,17)13(18,19)11(14,15)3-8(21)5-20/h8-9,20-22H,1,3-6H2,2H3. The zero-order valence-corrected chi connectivity index (χ0v) is 12.6. The van der Waals surface area contributed by atoms with E-state index in [1.165, 1.54) is 6.92 Å². The molecule has 0 saturated heterocycles. The third kappa shape index (κ3) is 5.64. The van der Waals surface area contributed by atoms with Crippen molar-refractivity contribution in [1.82, 2.24) is 0 Å². The van der Waals surface area contributed by atoms with Gasteiger partial charge in [0.2, 0.25) is 0 Å². The van der Waals surface area contributed by atoms with Crippen molar-refractivity contribution in [1.29, 1.82) is 0 Å². The van der Waals surface area contributed by atoms with Gasteiger partial charge in [-0.15, -0.1) is 0 Å². The maximum atomic E-state index is 13.5. The number of ether oxygens (including phenoxy) is 1. The van der Waals surface area contributed by atoms with Crippen molar-refractivity contribution in [2.45, 2.75) is 49.7 Å². The largest absolute Gasteiger partial charge is 0.460 e. The van der Waals surface area contributed by atoms with Crippen molar-refractivity contribution >= 4 is 5.97 Å². The monoisotopic (exact) mass is 368 g/mol. The molecular weight excluding hydrogens is 350 g/mol. The summed E-state index contributed by atoms with van der Waals surface area (Å²) in [5.74, 6) is -17.7. The van der Waals surface area contributed by atoms with Gasteiger partial charge in [-0.05, 0) is 6.92 Å². The van der Waals surface area contributed by atoms with Gasteiger partial charge in [0, 0.05) is 18.4 Å². The first-order chi connectivity index (χ1) is 10.7. The molecule has 0 aromatic carbocycles. The molecule has 0 aliphatic rings. The molecule has 0 amide bonds. The van der Waals surface area contributed by atoms with Gasteiger partial charge in [0.05, 0.1) is 18.8 Å². The first-order valence-electron chi connectivity index (χ1n) is 6.61. The van der Waals surface area contributed by atoms with Crippen molar-refractivity contribution in [3.63, 3.8) is 0 Å². The maximum Gasteiger partial charge on any atom is 0.372 e. The van der Waals surface area contributed by atoms with Gasteiger partial charge in [0.25, 0.3) is 0 Å². The van der Waals surface area contributed by atoms with E-state index in [0.717, 1.165) is 0 Å². The molecular formula is C13H18F6O5. The number of aliphatic hydroxyl groups excluding tert-OH is 3. The fraction of sp³-hybridized carbons (Fsp3) is 0.769. The second-order valence-electron chi connectivity index (χ2n) is 5.26. The Hall–Kier alpha value is -1.33. The van der Waals surface area contributed by atoms with Gasteiger partial charge in [-0.2, -0.15) is 26.3 Å². The van der Waals surface area contributed by atoms with Crippen LogP contribution in [0.2, 0.25) is 0 Å². The number of hydrogen-bond donors (Lipinski definition) is 3. The Labute approximate surface area is 133 Å². The van der Waals surface area contributed by atoms with E-state index in [9.17, 15) is 36.2 Å². The van der Waals surface area contributed by atoms with Gasteiger partial charge in [-0.25, -0.2) is 4.79 Å². The van der Waals surface area contributed by atoms with E-state index in [0.29, 0.717) is 0 Å². The smallest absolute Gasteiger partial charge is 0.372 e. The highest BCUT2D eigenvalue weighted by atomic mass is 19.3. The summed E-state index contributed by atoms with van der Waals surface area (Å²) in [6.07, 6.45) is -8.89.